The fraction of sp³-hybridized carbons (Fsp3) is 0.667. The lowest BCUT2D eigenvalue weighted by Gasteiger charge is -2.00. The van der Waals surface area contributed by atoms with Crippen LogP contribution in [-0.4, -0.2) is 12.2 Å². The number of aldehydes is 1. The van der Waals surface area contributed by atoms with Gasteiger partial charge >= 0.3 is 0 Å². The topological polar surface area (TPSA) is 60.2 Å². The summed E-state index contributed by atoms with van der Waals surface area (Å²) in [7, 11) is 0. The molecule has 0 aliphatic carbocycles. The van der Waals surface area contributed by atoms with Gasteiger partial charge in [-0.15, -0.1) is 0 Å². The van der Waals surface area contributed by atoms with Gasteiger partial charge in [0.1, 0.15) is 6.29 Å². The molecule has 2 N–H and O–H groups in total. The largest absolute Gasteiger partial charge is 0.370 e. The molecular formula is C6H11NO2. The van der Waals surface area contributed by atoms with E-state index in [0.29, 0.717) is 6.42 Å². The summed E-state index contributed by atoms with van der Waals surface area (Å²) < 4.78 is 0. The minimum absolute atomic E-state index is 0.178. The molecule has 0 bridgehead atoms. The number of carbonyl (C=O) groups excluding carboxylic acids is 2. The van der Waals surface area contributed by atoms with Crippen molar-refractivity contribution in [1.82, 2.24) is 0 Å². The van der Waals surface area contributed by atoms with Crippen LogP contribution in [0.25, 0.3) is 0 Å². The summed E-state index contributed by atoms with van der Waals surface area (Å²) in [6.45, 7) is 1.85. The van der Waals surface area contributed by atoms with Gasteiger partial charge in [0.15, 0.2) is 0 Å². The zero-order chi connectivity index (χ0) is 7.28. The molecule has 1 atom stereocenters. The van der Waals surface area contributed by atoms with Crippen LogP contribution in [0.5, 0.6) is 0 Å². The Kier molecular flexibility index (Phi) is 3.67. The van der Waals surface area contributed by atoms with Gasteiger partial charge in [-0.2, -0.15) is 0 Å². The Labute approximate surface area is 54.2 Å². The molecule has 0 rings (SSSR count). The second kappa shape index (κ2) is 4.06. The van der Waals surface area contributed by atoms with E-state index in [0.717, 1.165) is 6.29 Å². The van der Waals surface area contributed by atoms with Crippen LogP contribution in [0.4, 0.5) is 0 Å². The molecule has 0 heterocycles. The van der Waals surface area contributed by atoms with E-state index in [1.54, 1.807) is 0 Å². The molecule has 0 spiro atoms. The molecule has 0 aromatic rings. The molecule has 0 saturated heterocycles. The molecule has 0 aliphatic rings. The number of hydrogen-bond donors (Lipinski definition) is 1. The summed E-state index contributed by atoms with van der Waals surface area (Å²) in [5.74, 6) is -0.587. The van der Waals surface area contributed by atoms with Gasteiger partial charge < -0.3 is 10.5 Å². The predicted octanol–water partition coefficient (Wildman–Crippen LogP) is 0.0869. The predicted molar refractivity (Wildman–Crippen MR) is 33.7 cm³/mol. The Morgan fingerprint density at radius 3 is 2.44 bits per heavy atom. The van der Waals surface area contributed by atoms with Crippen molar-refractivity contribution in [2.24, 2.45) is 11.7 Å². The highest BCUT2D eigenvalue weighted by Gasteiger charge is 2.06. The number of carbonyl (C=O) groups is 2. The standard InChI is InChI=1S/C6H11NO2/c1-2-5(4-8)3-6(7)9/h4-5H,2-3H2,1H3,(H2,7,9)/t5-/m1/s1. The van der Waals surface area contributed by atoms with Crippen LogP contribution in [-0.2, 0) is 9.59 Å². The van der Waals surface area contributed by atoms with E-state index in [1.165, 1.54) is 0 Å². The van der Waals surface area contributed by atoms with Gasteiger partial charge in [0.2, 0.25) is 5.91 Å². The zero-order valence-corrected chi connectivity index (χ0v) is 5.46. The van der Waals surface area contributed by atoms with Crippen LogP contribution in [0.3, 0.4) is 0 Å². The van der Waals surface area contributed by atoms with Gasteiger partial charge in [0.25, 0.3) is 0 Å². The van der Waals surface area contributed by atoms with Crippen LogP contribution in [0.15, 0.2) is 0 Å². The van der Waals surface area contributed by atoms with Crippen molar-refractivity contribution in [1.29, 1.82) is 0 Å². The lowest BCUT2D eigenvalue weighted by molar-refractivity contribution is -0.122. The highest BCUT2D eigenvalue weighted by molar-refractivity contribution is 5.77. The van der Waals surface area contributed by atoms with Crippen molar-refractivity contribution in [3.8, 4) is 0 Å². The molecule has 0 aromatic carbocycles. The first-order chi connectivity index (χ1) is 4.20. The fourth-order valence-electron chi connectivity index (χ4n) is 0.547. The first-order valence-corrected chi connectivity index (χ1v) is 2.94. The normalized spacial score (nSPS) is 12.6. The third-order valence-corrected chi connectivity index (χ3v) is 1.18. The van der Waals surface area contributed by atoms with Gasteiger partial charge in [0, 0.05) is 12.3 Å². The molecule has 0 fully saturated rings. The first-order valence-electron chi connectivity index (χ1n) is 2.94. The van der Waals surface area contributed by atoms with E-state index >= 15 is 0 Å². The summed E-state index contributed by atoms with van der Waals surface area (Å²) in [5, 5.41) is 0. The number of amides is 1. The van der Waals surface area contributed by atoms with E-state index in [-0.39, 0.29) is 12.3 Å². The molecule has 0 saturated carbocycles. The van der Waals surface area contributed by atoms with E-state index in [4.69, 9.17) is 5.73 Å². The van der Waals surface area contributed by atoms with E-state index in [9.17, 15) is 9.59 Å². The number of hydrogen-bond acceptors (Lipinski definition) is 2. The Bertz CT molecular complexity index is 112. The van der Waals surface area contributed by atoms with Crippen molar-refractivity contribution in [2.45, 2.75) is 19.8 Å². The quantitative estimate of drug-likeness (QED) is 0.547. The van der Waals surface area contributed by atoms with Gasteiger partial charge in [-0.05, 0) is 6.42 Å². The second-order valence-electron chi connectivity index (χ2n) is 1.97. The summed E-state index contributed by atoms with van der Waals surface area (Å²) in [6, 6.07) is 0. The van der Waals surface area contributed by atoms with Crippen LogP contribution < -0.4 is 5.73 Å². The summed E-state index contributed by atoms with van der Waals surface area (Å²) in [6.07, 6.45) is 1.64. The number of nitrogens with two attached hydrogens (primary N) is 1. The monoisotopic (exact) mass is 129 g/mol. The highest BCUT2D eigenvalue weighted by Crippen LogP contribution is 2.02. The van der Waals surface area contributed by atoms with Gasteiger partial charge in [-0.3, -0.25) is 4.79 Å². The maximum absolute atomic E-state index is 10.2. The Balaban J connectivity index is 3.55. The summed E-state index contributed by atoms with van der Waals surface area (Å²) in [4.78, 5) is 20.3. The third kappa shape index (κ3) is 3.70. The maximum Gasteiger partial charge on any atom is 0.218 e. The van der Waals surface area contributed by atoms with Crippen molar-refractivity contribution in [3.63, 3.8) is 0 Å². The lowest BCUT2D eigenvalue weighted by atomic mass is 10.0. The number of primary amides is 1. The zero-order valence-electron chi connectivity index (χ0n) is 5.46. The average Bonchev–Trinajstić information content (AvgIpc) is 1.82. The molecular weight excluding hydrogens is 118 g/mol. The fourth-order valence-corrected chi connectivity index (χ4v) is 0.547. The average molecular weight is 129 g/mol. The first kappa shape index (κ1) is 8.14. The molecule has 52 valence electrons. The van der Waals surface area contributed by atoms with Crippen molar-refractivity contribution < 1.29 is 9.59 Å². The molecule has 3 heteroatoms. The molecule has 9 heavy (non-hydrogen) atoms. The molecule has 1 amide bonds. The minimum atomic E-state index is -0.408. The van der Waals surface area contributed by atoms with Crippen molar-refractivity contribution in [2.75, 3.05) is 0 Å². The third-order valence-electron chi connectivity index (χ3n) is 1.18. The molecule has 0 aromatic heterocycles. The van der Waals surface area contributed by atoms with E-state index in [1.807, 2.05) is 6.92 Å². The molecule has 0 unspecified atom stereocenters. The Morgan fingerprint density at radius 1 is 1.78 bits per heavy atom. The van der Waals surface area contributed by atoms with Crippen molar-refractivity contribution >= 4 is 12.2 Å². The second-order valence-corrected chi connectivity index (χ2v) is 1.97. The molecule has 3 nitrogen and oxygen atoms in total. The molecule has 0 aliphatic heterocycles. The van der Waals surface area contributed by atoms with Crippen LogP contribution >= 0.6 is 0 Å². The maximum atomic E-state index is 10.2. The van der Waals surface area contributed by atoms with Gasteiger partial charge in [-0.1, -0.05) is 6.92 Å². The molecule has 0 radical (unpaired) electrons. The van der Waals surface area contributed by atoms with Gasteiger partial charge in [-0.25, -0.2) is 0 Å². The highest BCUT2D eigenvalue weighted by atomic mass is 16.1. The smallest absolute Gasteiger partial charge is 0.218 e. The Morgan fingerprint density at radius 2 is 2.33 bits per heavy atom. The summed E-state index contributed by atoms with van der Waals surface area (Å²) >= 11 is 0. The van der Waals surface area contributed by atoms with E-state index < -0.39 is 5.91 Å². The lowest BCUT2D eigenvalue weighted by Crippen LogP contribution is -2.16. The SMILES string of the molecule is CC[C@@H](C=O)CC(N)=O. The van der Waals surface area contributed by atoms with Crippen molar-refractivity contribution in [3.05, 3.63) is 0 Å². The van der Waals surface area contributed by atoms with Crippen LogP contribution in [0, 0.1) is 5.92 Å². The number of rotatable bonds is 4. The minimum Gasteiger partial charge on any atom is -0.370 e. The van der Waals surface area contributed by atoms with Crippen LogP contribution in [0.1, 0.15) is 19.8 Å². The van der Waals surface area contributed by atoms with Gasteiger partial charge in [0.05, 0.1) is 0 Å². The van der Waals surface area contributed by atoms with E-state index in [2.05, 4.69) is 0 Å². The Hall–Kier alpha value is -0.860. The van der Waals surface area contributed by atoms with Crippen LogP contribution in [0.2, 0.25) is 0 Å². The summed E-state index contributed by atoms with van der Waals surface area (Å²) in [5.41, 5.74) is 4.85.